The van der Waals surface area contributed by atoms with Crippen LogP contribution in [0.25, 0.3) is 17.1 Å². The SMILES string of the molecule is COc1ccc(-c2nnc(SCC(=O)N/N=C\c3ccccc3C)n2-c2ccccc2)cc1OC. The van der Waals surface area contributed by atoms with Crippen molar-refractivity contribution in [2.24, 2.45) is 5.10 Å². The minimum Gasteiger partial charge on any atom is -0.493 e. The number of thioether (sulfide) groups is 1. The average Bonchev–Trinajstić information content (AvgIpc) is 3.32. The van der Waals surface area contributed by atoms with E-state index in [1.54, 1.807) is 20.4 Å². The second kappa shape index (κ2) is 11.3. The van der Waals surface area contributed by atoms with Crippen LogP contribution in [0.2, 0.25) is 0 Å². The van der Waals surface area contributed by atoms with Gasteiger partial charge in [0.25, 0.3) is 5.91 Å². The van der Waals surface area contributed by atoms with Crippen molar-refractivity contribution < 1.29 is 14.3 Å². The standard InChI is InChI=1S/C26H25N5O3S/c1-18-9-7-8-10-20(18)16-27-28-24(32)17-35-26-30-29-25(31(26)21-11-5-4-6-12-21)19-13-14-22(33-2)23(15-19)34-3/h4-16H,17H2,1-3H3,(H,28,32)/b27-16-. The number of hydrogen-bond acceptors (Lipinski definition) is 7. The quantitative estimate of drug-likeness (QED) is 0.212. The summed E-state index contributed by atoms with van der Waals surface area (Å²) in [5.41, 5.74) is 6.29. The predicted molar refractivity (Wildman–Crippen MR) is 138 cm³/mol. The lowest BCUT2D eigenvalue weighted by Gasteiger charge is -2.12. The Morgan fingerprint density at radius 1 is 1.00 bits per heavy atom. The number of hydrogen-bond donors (Lipinski definition) is 1. The summed E-state index contributed by atoms with van der Waals surface area (Å²) in [6, 6.07) is 23.1. The van der Waals surface area contributed by atoms with Crippen molar-refractivity contribution in [2.75, 3.05) is 20.0 Å². The number of nitrogens with one attached hydrogen (secondary N) is 1. The predicted octanol–water partition coefficient (Wildman–Crippen LogP) is 4.50. The second-order valence-electron chi connectivity index (χ2n) is 7.49. The van der Waals surface area contributed by atoms with E-state index in [0.29, 0.717) is 22.5 Å². The van der Waals surface area contributed by atoms with Gasteiger partial charge in [-0.3, -0.25) is 9.36 Å². The lowest BCUT2D eigenvalue weighted by atomic mass is 10.1. The van der Waals surface area contributed by atoms with Crippen LogP contribution in [-0.4, -0.2) is 46.9 Å². The van der Waals surface area contributed by atoms with Crippen LogP contribution < -0.4 is 14.9 Å². The molecule has 1 amide bonds. The fourth-order valence-corrected chi connectivity index (χ4v) is 4.15. The minimum atomic E-state index is -0.241. The van der Waals surface area contributed by atoms with Crippen molar-refractivity contribution in [1.82, 2.24) is 20.2 Å². The van der Waals surface area contributed by atoms with Crippen LogP contribution in [0.3, 0.4) is 0 Å². The Bertz CT molecular complexity index is 1340. The van der Waals surface area contributed by atoms with Crippen molar-refractivity contribution in [1.29, 1.82) is 0 Å². The van der Waals surface area contributed by atoms with Gasteiger partial charge in [-0.1, -0.05) is 54.2 Å². The van der Waals surface area contributed by atoms with Crippen LogP contribution in [0.4, 0.5) is 0 Å². The Balaban J connectivity index is 1.55. The smallest absolute Gasteiger partial charge is 0.250 e. The molecule has 0 aliphatic heterocycles. The molecule has 1 N–H and O–H groups in total. The summed E-state index contributed by atoms with van der Waals surface area (Å²) in [6.45, 7) is 1.99. The molecule has 0 fully saturated rings. The first-order valence-electron chi connectivity index (χ1n) is 10.8. The van der Waals surface area contributed by atoms with Crippen LogP contribution in [-0.2, 0) is 4.79 Å². The molecular formula is C26H25N5O3S. The van der Waals surface area contributed by atoms with Gasteiger partial charge >= 0.3 is 0 Å². The Morgan fingerprint density at radius 2 is 1.74 bits per heavy atom. The van der Waals surface area contributed by atoms with Gasteiger partial charge in [0, 0.05) is 11.3 Å². The van der Waals surface area contributed by atoms with Crippen molar-refractivity contribution in [3.05, 3.63) is 83.9 Å². The first-order chi connectivity index (χ1) is 17.1. The van der Waals surface area contributed by atoms with Crippen molar-refractivity contribution >= 4 is 23.9 Å². The van der Waals surface area contributed by atoms with E-state index >= 15 is 0 Å². The highest BCUT2D eigenvalue weighted by Crippen LogP contribution is 2.34. The summed E-state index contributed by atoms with van der Waals surface area (Å²) in [7, 11) is 3.18. The lowest BCUT2D eigenvalue weighted by molar-refractivity contribution is -0.118. The molecule has 9 heteroatoms. The molecule has 1 aromatic heterocycles. The van der Waals surface area contributed by atoms with Gasteiger partial charge in [-0.05, 0) is 48.4 Å². The van der Waals surface area contributed by atoms with Crippen LogP contribution >= 0.6 is 11.8 Å². The maximum absolute atomic E-state index is 12.4. The van der Waals surface area contributed by atoms with E-state index in [0.717, 1.165) is 22.4 Å². The number of carbonyl (C=O) groups is 1. The molecule has 1 heterocycles. The maximum atomic E-state index is 12.4. The van der Waals surface area contributed by atoms with Crippen molar-refractivity contribution in [2.45, 2.75) is 12.1 Å². The number of benzene rings is 3. The topological polar surface area (TPSA) is 90.6 Å². The zero-order chi connectivity index (χ0) is 24.6. The average molecular weight is 488 g/mol. The number of nitrogens with zero attached hydrogens (tertiary/aromatic N) is 4. The zero-order valence-electron chi connectivity index (χ0n) is 19.6. The fourth-order valence-electron chi connectivity index (χ4n) is 3.40. The van der Waals surface area contributed by atoms with E-state index < -0.39 is 0 Å². The van der Waals surface area contributed by atoms with E-state index in [4.69, 9.17) is 9.47 Å². The number of aromatic nitrogens is 3. The molecule has 178 valence electrons. The second-order valence-corrected chi connectivity index (χ2v) is 8.43. The number of amides is 1. The number of hydrazone groups is 1. The molecule has 0 spiro atoms. The molecule has 0 bridgehead atoms. The van der Waals surface area contributed by atoms with Gasteiger partial charge in [0.1, 0.15) is 0 Å². The van der Waals surface area contributed by atoms with Crippen LogP contribution in [0.1, 0.15) is 11.1 Å². The van der Waals surface area contributed by atoms with E-state index in [9.17, 15) is 4.79 Å². The summed E-state index contributed by atoms with van der Waals surface area (Å²) in [4.78, 5) is 12.4. The minimum absolute atomic E-state index is 0.127. The van der Waals surface area contributed by atoms with Gasteiger partial charge in [0.05, 0.1) is 26.2 Å². The summed E-state index contributed by atoms with van der Waals surface area (Å²) in [5, 5.41) is 13.4. The normalized spacial score (nSPS) is 10.9. The van der Waals surface area contributed by atoms with E-state index in [2.05, 4.69) is 20.7 Å². The van der Waals surface area contributed by atoms with Gasteiger partial charge < -0.3 is 9.47 Å². The van der Waals surface area contributed by atoms with Gasteiger partial charge in [0.2, 0.25) is 0 Å². The van der Waals surface area contributed by atoms with Crippen LogP contribution in [0.5, 0.6) is 11.5 Å². The molecule has 0 unspecified atom stereocenters. The highest BCUT2D eigenvalue weighted by atomic mass is 32.2. The molecule has 0 saturated heterocycles. The molecule has 8 nitrogen and oxygen atoms in total. The highest BCUT2D eigenvalue weighted by molar-refractivity contribution is 7.99. The summed E-state index contributed by atoms with van der Waals surface area (Å²) < 4.78 is 12.7. The molecule has 0 aliphatic rings. The van der Waals surface area contributed by atoms with Crippen molar-refractivity contribution in [3.8, 4) is 28.6 Å². The van der Waals surface area contributed by atoms with Crippen LogP contribution in [0.15, 0.2) is 83.1 Å². The third-order valence-corrected chi connectivity index (χ3v) is 6.13. The maximum Gasteiger partial charge on any atom is 0.250 e. The molecule has 0 saturated carbocycles. The Kier molecular flexibility index (Phi) is 7.79. The molecule has 35 heavy (non-hydrogen) atoms. The lowest BCUT2D eigenvalue weighted by Crippen LogP contribution is -2.20. The molecule has 4 aromatic rings. The first kappa shape index (κ1) is 24.0. The monoisotopic (exact) mass is 487 g/mol. The van der Waals surface area contributed by atoms with Crippen LogP contribution in [0, 0.1) is 6.92 Å². The Hall–Kier alpha value is -4.11. The molecule has 3 aromatic carbocycles. The summed E-state index contributed by atoms with van der Waals surface area (Å²) in [6.07, 6.45) is 1.64. The number of para-hydroxylation sites is 1. The third kappa shape index (κ3) is 5.70. The third-order valence-electron chi connectivity index (χ3n) is 5.20. The fraction of sp³-hybridized carbons (Fsp3) is 0.154. The van der Waals surface area contributed by atoms with Gasteiger partial charge in [-0.15, -0.1) is 10.2 Å². The molecule has 0 atom stereocenters. The Labute approximate surface area is 208 Å². The largest absolute Gasteiger partial charge is 0.493 e. The first-order valence-corrected chi connectivity index (χ1v) is 11.8. The van der Waals surface area contributed by atoms with Gasteiger partial charge in [-0.25, -0.2) is 5.43 Å². The highest BCUT2D eigenvalue weighted by Gasteiger charge is 2.18. The van der Waals surface area contributed by atoms with E-state index in [-0.39, 0.29) is 11.7 Å². The molecular weight excluding hydrogens is 462 g/mol. The molecule has 4 rings (SSSR count). The van der Waals surface area contributed by atoms with Gasteiger partial charge in [0.15, 0.2) is 22.5 Å². The van der Waals surface area contributed by atoms with E-state index in [1.165, 1.54) is 11.8 Å². The molecule has 0 radical (unpaired) electrons. The van der Waals surface area contributed by atoms with Crippen molar-refractivity contribution in [3.63, 3.8) is 0 Å². The number of ether oxygens (including phenoxy) is 2. The number of carbonyl (C=O) groups excluding carboxylic acids is 1. The number of methoxy groups -OCH3 is 2. The van der Waals surface area contributed by atoms with E-state index in [1.807, 2.05) is 84.3 Å². The summed E-state index contributed by atoms with van der Waals surface area (Å²) in [5.74, 6) is 1.72. The zero-order valence-corrected chi connectivity index (χ0v) is 20.5. The number of aryl methyl sites for hydroxylation is 1. The number of rotatable bonds is 9. The summed E-state index contributed by atoms with van der Waals surface area (Å²) >= 11 is 1.28. The van der Waals surface area contributed by atoms with Gasteiger partial charge in [-0.2, -0.15) is 5.10 Å². The Morgan fingerprint density at radius 3 is 2.49 bits per heavy atom. The molecule has 0 aliphatic carbocycles.